The summed E-state index contributed by atoms with van der Waals surface area (Å²) in [6.07, 6.45) is 0. The van der Waals surface area contributed by atoms with Gasteiger partial charge in [0, 0.05) is 10.9 Å². The molecule has 4 aromatic rings. The number of hydrogen-bond donors (Lipinski definition) is 0. The molecule has 0 aliphatic carbocycles. The number of ether oxygens (including phenoxy) is 2. The third-order valence-electron chi connectivity index (χ3n) is 4.26. The van der Waals surface area contributed by atoms with Crippen molar-refractivity contribution in [3.05, 3.63) is 65.8 Å². The minimum Gasteiger partial charge on any atom is -0.493 e. The Hall–Kier alpha value is -2.96. The van der Waals surface area contributed by atoms with E-state index < -0.39 is 0 Å². The van der Waals surface area contributed by atoms with Crippen molar-refractivity contribution in [1.82, 2.24) is 14.9 Å². The average molecular weight is 391 g/mol. The van der Waals surface area contributed by atoms with E-state index in [9.17, 15) is 0 Å². The number of thiophene rings is 1. The highest BCUT2D eigenvalue weighted by Gasteiger charge is 2.18. The van der Waals surface area contributed by atoms with Gasteiger partial charge in [-0.1, -0.05) is 42.5 Å². The summed E-state index contributed by atoms with van der Waals surface area (Å²) in [5.41, 5.74) is 2.18. The largest absolute Gasteiger partial charge is 0.493 e. The Labute approximate surface area is 168 Å². The molecule has 0 saturated carbocycles. The van der Waals surface area contributed by atoms with Gasteiger partial charge in [-0.3, -0.25) is 0 Å². The molecule has 0 saturated heterocycles. The molecule has 0 amide bonds. The number of fused-ring (bicyclic) bond motifs is 1. The lowest BCUT2D eigenvalue weighted by molar-refractivity contribution is 0.369. The van der Waals surface area contributed by atoms with Crippen LogP contribution < -0.4 is 9.47 Å². The maximum atomic E-state index is 6.27. The van der Waals surface area contributed by atoms with E-state index in [0.29, 0.717) is 23.9 Å². The molecule has 0 unspecified atom stereocenters. The summed E-state index contributed by atoms with van der Waals surface area (Å²) in [5, 5.41) is 3.04. The summed E-state index contributed by atoms with van der Waals surface area (Å²) in [5.74, 6) is 2.57. The smallest absolute Gasteiger partial charge is 0.232 e. The van der Waals surface area contributed by atoms with Gasteiger partial charge in [-0.25, -0.2) is 4.98 Å². The van der Waals surface area contributed by atoms with Crippen molar-refractivity contribution in [3.63, 3.8) is 0 Å². The van der Waals surface area contributed by atoms with Gasteiger partial charge in [0.2, 0.25) is 5.88 Å². The van der Waals surface area contributed by atoms with Crippen LogP contribution in [0.3, 0.4) is 0 Å². The number of aromatic nitrogens is 2. The predicted octanol–water partition coefficient (Wildman–Crippen LogP) is 5.22. The standard InChI is InChI=1S/C22H21N3O2S/c1-25(2)13-19-23-21(27-18-12-8-7-11-17(18)26-3)20-16(14-28-22(20)24-19)15-9-5-4-6-10-15/h4-12,14H,13H2,1-3H3. The quantitative estimate of drug-likeness (QED) is 0.451. The number of rotatable bonds is 6. The Kier molecular flexibility index (Phi) is 5.23. The molecule has 0 aliphatic rings. The summed E-state index contributed by atoms with van der Waals surface area (Å²) in [6, 6.07) is 17.8. The van der Waals surface area contributed by atoms with Crippen LogP contribution in [0.4, 0.5) is 0 Å². The molecule has 28 heavy (non-hydrogen) atoms. The lowest BCUT2D eigenvalue weighted by Gasteiger charge is -2.13. The molecule has 0 fully saturated rings. The van der Waals surface area contributed by atoms with Crippen LogP contribution in [0.1, 0.15) is 5.82 Å². The lowest BCUT2D eigenvalue weighted by Crippen LogP contribution is -2.13. The van der Waals surface area contributed by atoms with Gasteiger partial charge in [-0.15, -0.1) is 11.3 Å². The van der Waals surface area contributed by atoms with Crippen molar-refractivity contribution < 1.29 is 9.47 Å². The lowest BCUT2D eigenvalue weighted by atomic mass is 10.1. The third-order valence-corrected chi connectivity index (χ3v) is 5.14. The summed E-state index contributed by atoms with van der Waals surface area (Å²) >= 11 is 1.60. The number of benzene rings is 2. The molecule has 5 nitrogen and oxygen atoms in total. The highest BCUT2D eigenvalue weighted by molar-refractivity contribution is 7.17. The molecule has 0 N–H and O–H groups in total. The number of hydrogen-bond acceptors (Lipinski definition) is 6. The monoisotopic (exact) mass is 391 g/mol. The van der Waals surface area contributed by atoms with Crippen molar-refractivity contribution in [2.24, 2.45) is 0 Å². The van der Waals surface area contributed by atoms with Gasteiger partial charge in [0.25, 0.3) is 0 Å². The van der Waals surface area contributed by atoms with Crippen molar-refractivity contribution in [2.45, 2.75) is 6.54 Å². The molecule has 0 aliphatic heterocycles. The van der Waals surface area contributed by atoms with E-state index in [-0.39, 0.29) is 0 Å². The summed E-state index contributed by atoms with van der Waals surface area (Å²) < 4.78 is 11.7. The van der Waals surface area contributed by atoms with Crippen LogP contribution in [-0.4, -0.2) is 36.1 Å². The summed E-state index contributed by atoms with van der Waals surface area (Å²) in [4.78, 5) is 12.5. The fraction of sp³-hybridized carbons (Fsp3) is 0.182. The van der Waals surface area contributed by atoms with E-state index in [4.69, 9.17) is 19.4 Å². The third kappa shape index (κ3) is 3.69. The van der Waals surface area contributed by atoms with Crippen molar-refractivity contribution in [1.29, 1.82) is 0 Å². The normalized spacial score (nSPS) is 11.1. The molecular formula is C22H21N3O2S. The van der Waals surface area contributed by atoms with Gasteiger partial charge < -0.3 is 14.4 Å². The Balaban J connectivity index is 1.89. The van der Waals surface area contributed by atoms with Gasteiger partial charge in [0.05, 0.1) is 19.0 Å². The first-order valence-corrected chi connectivity index (χ1v) is 9.83. The SMILES string of the molecule is COc1ccccc1Oc1nc(CN(C)C)nc2scc(-c3ccccc3)c12. The Morgan fingerprint density at radius 2 is 1.64 bits per heavy atom. The summed E-state index contributed by atoms with van der Waals surface area (Å²) in [6.45, 7) is 0.636. The maximum Gasteiger partial charge on any atom is 0.232 e. The maximum absolute atomic E-state index is 6.27. The Morgan fingerprint density at radius 3 is 2.36 bits per heavy atom. The molecule has 6 heteroatoms. The van der Waals surface area contributed by atoms with Crippen LogP contribution >= 0.6 is 11.3 Å². The topological polar surface area (TPSA) is 47.5 Å². The van der Waals surface area contributed by atoms with Crippen LogP contribution in [-0.2, 0) is 6.54 Å². The average Bonchev–Trinajstić information content (AvgIpc) is 3.13. The molecule has 2 heterocycles. The van der Waals surface area contributed by atoms with Gasteiger partial charge >= 0.3 is 0 Å². The fourth-order valence-corrected chi connectivity index (χ4v) is 3.97. The predicted molar refractivity (Wildman–Crippen MR) is 113 cm³/mol. The first-order valence-electron chi connectivity index (χ1n) is 8.95. The van der Waals surface area contributed by atoms with Crippen LogP contribution in [0.5, 0.6) is 17.4 Å². The second-order valence-electron chi connectivity index (χ2n) is 6.63. The molecule has 2 aromatic carbocycles. The van der Waals surface area contributed by atoms with Gasteiger partial charge in [-0.05, 0) is 31.8 Å². The van der Waals surface area contributed by atoms with Crippen LogP contribution in [0.25, 0.3) is 21.3 Å². The van der Waals surface area contributed by atoms with E-state index >= 15 is 0 Å². The summed E-state index contributed by atoms with van der Waals surface area (Å²) in [7, 11) is 5.63. The molecule has 2 aromatic heterocycles. The van der Waals surface area contributed by atoms with Crippen LogP contribution in [0.15, 0.2) is 60.0 Å². The highest BCUT2D eigenvalue weighted by atomic mass is 32.1. The van der Waals surface area contributed by atoms with Crippen molar-refractivity contribution in [2.75, 3.05) is 21.2 Å². The second kappa shape index (κ2) is 7.96. The van der Waals surface area contributed by atoms with Gasteiger partial charge in [0.1, 0.15) is 10.7 Å². The minimum absolute atomic E-state index is 0.548. The minimum atomic E-state index is 0.548. The van der Waals surface area contributed by atoms with E-state index in [0.717, 1.165) is 27.2 Å². The Bertz CT molecular complexity index is 1090. The zero-order valence-corrected chi connectivity index (χ0v) is 16.9. The van der Waals surface area contributed by atoms with E-state index in [1.807, 2.05) is 61.5 Å². The second-order valence-corrected chi connectivity index (χ2v) is 7.49. The molecular weight excluding hydrogens is 370 g/mol. The molecule has 142 valence electrons. The number of nitrogens with zero attached hydrogens (tertiary/aromatic N) is 3. The number of methoxy groups -OCH3 is 1. The van der Waals surface area contributed by atoms with E-state index in [1.54, 1.807) is 18.4 Å². The molecule has 0 radical (unpaired) electrons. The van der Waals surface area contributed by atoms with E-state index in [2.05, 4.69) is 17.5 Å². The molecule has 0 bridgehead atoms. The number of para-hydroxylation sites is 2. The first kappa shape index (κ1) is 18.4. The molecule has 4 rings (SSSR count). The van der Waals surface area contributed by atoms with E-state index in [1.165, 1.54) is 0 Å². The fourth-order valence-electron chi connectivity index (χ4n) is 3.02. The van der Waals surface area contributed by atoms with Crippen molar-refractivity contribution in [3.8, 4) is 28.5 Å². The van der Waals surface area contributed by atoms with Gasteiger partial charge in [-0.2, -0.15) is 4.98 Å². The Morgan fingerprint density at radius 1 is 0.929 bits per heavy atom. The zero-order chi connectivity index (χ0) is 19.5. The molecule has 0 spiro atoms. The highest BCUT2D eigenvalue weighted by Crippen LogP contribution is 2.41. The first-order chi connectivity index (χ1) is 13.7. The van der Waals surface area contributed by atoms with Crippen molar-refractivity contribution >= 4 is 21.6 Å². The van der Waals surface area contributed by atoms with Crippen LogP contribution in [0.2, 0.25) is 0 Å². The zero-order valence-electron chi connectivity index (χ0n) is 16.0. The van der Waals surface area contributed by atoms with Gasteiger partial charge in [0.15, 0.2) is 11.5 Å². The van der Waals surface area contributed by atoms with Crippen LogP contribution in [0, 0.1) is 0 Å². The molecule has 0 atom stereocenters.